The second-order valence-electron chi connectivity index (χ2n) is 5.53. The van der Waals surface area contributed by atoms with Gasteiger partial charge in [-0.3, -0.25) is 0 Å². The van der Waals surface area contributed by atoms with E-state index in [4.69, 9.17) is 4.74 Å². The number of ether oxygens (including phenoxy) is 1. The van der Waals surface area contributed by atoms with E-state index in [2.05, 4.69) is 50.4 Å². The van der Waals surface area contributed by atoms with Gasteiger partial charge in [-0.05, 0) is 60.9 Å². The minimum atomic E-state index is 0.527. The molecule has 0 radical (unpaired) electrons. The molecule has 0 heterocycles. The monoisotopic (exact) mass is 287 g/mol. The lowest BCUT2D eigenvalue weighted by molar-refractivity contribution is 0.395. The summed E-state index contributed by atoms with van der Waals surface area (Å²) in [6, 6.07) is 4.28. The van der Waals surface area contributed by atoms with Gasteiger partial charge < -0.3 is 10.5 Å². The second kappa shape index (κ2) is 8.68. The molecule has 2 rings (SSSR count). The van der Waals surface area contributed by atoms with Gasteiger partial charge in [-0.25, -0.2) is 0 Å². The standard InChI is InChI=1S/C18H24O.CH5N/c1-5-13(2)14(3)12-17-16-9-7-6-8-15(16)10-11-18(17)19-4;1-2/h5-6,8,10-11,13-14H,1,7,9,12H2,2-4H3;2H2,1H3. The number of benzene rings is 1. The number of methoxy groups -OCH3 is 1. The lowest BCUT2D eigenvalue weighted by Gasteiger charge is -2.23. The van der Waals surface area contributed by atoms with E-state index < -0.39 is 0 Å². The van der Waals surface area contributed by atoms with Crippen LogP contribution in [0.3, 0.4) is 0 Å². The summed E-state index contributed by atoms with van der Waals surface area (Å²) in [6.07, 6.45) is 9.88. The molecule has 2 nitrogen and oxygen atoms in total. The number of nitrogens with two attached hydrogens (primary N) is 1. The molecule has 0 fully saturated rings. The van der Waals surface area contributed by atoms with E-state index in [1.54, 1.807) is 7.11 Å². The van der Waals surface area contributed by atoms with E-state index in [0.717, 1.165) is 25.0 Å². The molecule has 0 saturated heterocycles. The maximum Gasteiger partial charge on any atom is 0.122 e. The minimum absolute atomic E-state index is 0.527. The predicted molar refractivity (Wildman–Crippen MR) is 92.7 cm³/mol. The summed E-state index contributed by atoms with van der Waals surface area (Å²) < 4.78 is 5.58. The molecule has 2 unspecified atom stereocenters. The normalized spacial score (nSPS) is 15.3. The van der Waals surface area contributed by atoms with E-state index in [-0.39, 0.29) is 0 Å². The lowest BCUT2D eigenvalue weighted by Crippen LogP contribution is -2.12. The Balaban J connectivity index is 0.00000106. The number of hydrogen-bond acceptors (Lipinski definition) is 2. The molecule has 21 heavy (non-hydrogen) atoms. The summed E-state index contributed by atoms with van der Waals surface area (Å²) in [6.45, 7) is 8.44. The molecular formula is C19H29NO. The van der Waals surface area contributed by atoms with Crippen molar-refractivity contribution in [1.29, 1.82) is 0 Å². The Labute approximate surface area is 129 Å². The van der Waals surface area contributed by atoms with Crippen molar-refractivity contribution in [1.82, 2.24) is 0 Å². The molecule has 0 saturated carbocycles. The summed E-state index contributed by atoms with van der Waals surface area (Å²) in [5, 5.41) is 0. The first-order chi connectivity index (χ1) is 10.2. The highest BCUT2D eigenvalue weighted by Crippen LogP contribution is 2.33. The van der Waals surface area contributed by atoms with E-state index >= 15 is 0 Å². The lowest BCUT2D eigenvalue weighted by atomic mass is 9.84. The molecule has 1 aromatic carbocycles. The first-order valence-corrected chi connectivity index (χ1v) is 7.73. The molecule has 2 heteroatoms. The Morgan fingerprint density at radius 1 is 1.33 bits per heavy atom. The third kappa shape index (κ3) is 4.21. The Bertz CT molecular complexity index is 491. The Kier molecular flexibility index (Phi) is 7.24. The third-order valence-corrected chi connectivity index (χ3v) is 4.30. The van der Waals surface area contributed by atoms with Crippen molar-refractivity contribution in [2.75, 3.05) is 14.2 Å². The second-order valence-corrected chi connectivity index (χ2v) is 5.53. The van der Waals surface area contributed by atoms with Crippen LogP contribution in [0, 0.1) is 11.8 Å². The molecule has 0 aliphatic heterocycles. The van der Waals surface area contributed by atoms with Crippen molar-refractivity contribution < 1.29 is 4.74 Å². The van der Waals surface area contributed by atoms with Crippen LogP contribution in [0.25, 0.3) is 6.08 Å². The molecule has 0 spiro atoms. The molecule has 1 aliphatic rings. The first-order valence-electron chi connectivity index (χ1n) is 7.73. The van der Waals surface area contributed by atoms with Crippen LogP contribution in [0.1, 0.15) is 37.0 Å². The van der Waals surface area contributed by atoms with Crippen LogP contribution in [0.4, 0.5) is 0 Å². The molecule has 1 aliphatic carbocycles. The van der Waals surface area contributed by atoms with Gasteiger partial charge in [-0.1, -0.05) is 38.1 Å². The zero-order valence-electron chi connectivity index (χ0n) is 13.9. The van der Waals surface area contributed by atoms with Crippen molar-refractivity contribution in [2.45, 2.75) is 33.1 Å². The van der Waals surface area contributed by atoms with E-state index in [0.29, 0.717) is 11.8 Å². The summed E-state index contributed by atoms with van der Waals surface area (Å²) in [4.78, 5) is 0. The van der Waals surface area contributed by atoms with E-state index in [9.17, 15) is 0 Å². The maximum atomic E-state index is 5.58. The summed E-state index contributed by atoms with van der Waals surface area (Å²) >= 11 is 0. The molecule has 2 N–H and O–H groups in total. The molecule has 116 valence electrons. The molecule has 0 bridgehead atoms. The zero-order chi connectivity index (χ0) is 15.8. The Hall–Kier alpha value is -1.54. The fraction of sp³-hybridized carbons (Fsp3) is 0.474. The van der Waals surface area contributed by atoms with Crippen molar-refractivity contribution in [3.8, 4) is 5.75 Å². The number of hydrogen-bond donors (Lipinski definition) is 1. The molecular weight excluding hydrogens is 258 g/mol. The summed E-state index contributed by atoms with van der Waals surface area (Å²) in [7, 11) is 3.27. The van der Waals surface area contributed by atoms with Crippen molar-refractivity contribution in [3.63, 3.8) is 0 Å². The maximum absolute atomic E-state index is 5.58. The van der Waals surface area contributed by atoms with Crippen molar-refractivity contribution in [3.05, 3.63) is 47.6 Å². The third-order valence-electron chi connectivity index (χ3n) is 4.30. The molecule has 1 aromatic rings. The summed E-state index contributed by atoms with van der Waals surface area (Å²) in [5.41, 5.74) is 8.73. The smallest absolute Gasteiger partial charge is 0.122 e. The predicted octanol–water partition coefficient (Wildman–Crippen LogP) is 4.23. The molecule has 0 amide bonds. The minimum Gasteiger partial charge on any atom is -0.496 e. The van der Waals surface area contributed by atoms with Crippen LogP contribution < -0.4 is 10.5 Å². The van der Waals surface area contributed by atoms with Gasteiger partial charge in [0.05, 0.1) is 7.11 Å². The van der Waals surface area contributed by atoms with Gasteiger partial charge >= 0.3 is 0 Å². The van der Waals surface area contributed by atoms with Crippen LogP contribution in [0.15, 0.2) is 30.9 Å². The first kappa shape index (κ1) is 17.5. The number of allylic oxidation sites excluding steroid dienone is 2. The van der Waals surface area contributed by atoms with Crippen LogP contribution >= 0.6 is 0 Å². The number of fused-ring (bicyclic) bond motifs is 1. The van der Waals surface area contributed by atoms with E-state index in [1.165, 1.54) is 23.7 Å². The van der Waals surface area contributed by atoms with Crippen LogP contribution in [0.5, 0.6) is 5.75 Å². The molecule has 0 aromatic heterocycles. The zero-order valence-corrected chi connectivity index (χ0v) is 13.9. The highest BCUT2D eigenvalue weighted by atomic mass is 16.5. The van der Waals surface area contributed by atoms with Crippen molar-refractivity contribution in [2.24, 2.45) is 17.6 Å². The van der Waals surface area contributed by atoms with Gasteiger partial charge in [0.1, 0.15) is 5.75 Å². The van der Waals surface area contributed by atoms with Gasteiger partial charge in [-0.2, -0.15) is 0 Å². The largest absolute Gasteiger partial charge is 0.496 e. The Morgan fingerprint density at radius 3 is 2.67 bits per heavy atom. The van der Waals surface area contributed by atoms with Gasteiger partial charge in [-0.15, -0.1) is 6.58 Å². The summed E-state index contributed by atoms with van der Waals surface area (Å²) in [5.74, 6) is 2.15. The SMILES string of the molecule is C=CC(C)C(C)Cc1c(OC)ccc2c1CCC=C2.CN. The highest BCUT2D eigenvalue weighted by Gasteiger charge is 2.18. The van der Waals surface area contributed by atoms with Gasteiger partial charge in [0, 0.05) is 0 Å². The van der Waals surface area contributed by atoms with Gasteiger partial charge in [0.15, 0.2) is 0 Å². The highest BCUT2D eigenvalue weighted by molar-refractivity contribution is 5.61. The quantitative estimate of drug-likeness (QED) is 0.823. The topological polar surface area (TPSA) is 35.2 Å². The average Bonchev–Trinajstić information content (AvgIpc) is 2.56. The molecule has 2 atom stereocenters. The van der Waals surface area contributed by atoms with Crippen LogP contribution in [-0.2, 0) is 12.8 Å². The fourth-order valence-corrected chi connectivity index (χ4v) is 2.73. The number of rotatable bonds is 5. The fourth-order valence-electron chi connectivity index (χ4n) is 2.73. The van der Waals surface area contributed by atoms with E-state index in [1.807, 2.05) is 6.08 Å². The van der Waals surface area contributed by atoms with Gasteiger partial charge in [0.2, 0.25) is 0 Å². The Morgan fingerprint density at radius 2 is 2.05 bits per heavy atom. The van der Waals surface area contributed by atoms with Gasteiger partial charge in [0.25, 0.3) is 0 Å². The van der Waals surface area contributed by atoms with Crippen LogP contribution in [-0.4, -0.2) is 14.2 Å². The average molecular weight is 287 g/mol. The van der Waals surface area contributed by atoms with Crippen LogP contribution in [0.2, 0.25) is 0 Å². The van der Waals surface area contributed by atoms with Crippen molar-refractivity contribution >= 4 is 6.08 Å².